The van der Waals surface area contributed by atoms with Gasteiger partial charge >= 0.3 is 11.1 Å². The Morgan fingerprint density at radius 1 is 1.29 bits per heavy atom. The van der Waals surface area contributed by atoms with Gasteiger partial charge in [0, 0.05) is 13.1 Å². The normalized spacial score (nSPS) is 16.1. The quantitative estimate of drug-likeness (QED) is 0.626. The molecule has 0 saturated heterocycles. The number of benzene rings is 1. The molecule has 5 nitrogen and oxygen atoms in total. The first-order chi connectivity index (χ1) is 8.15. The molecule has 0 bridgehead atoms. The maximum absolute atomic E-state index is 11.4. The van der Waals surface area contributed by atoms with Gasteiger partial charge in [-0.05, 0) is 36.7 Å². The standard InChI is InChI=1S/C12H12N3O2/c1-15-5-4-8-7(6-15)2-3-9-10(8)14-12(17)11(16)13-9/h3H,4-6H2,1H3,(H,13,16)(H,14,17). The van der Waals surface area contributed by atoms with Crippen molar-refractivity contribution in [2.24, 2.45) is 0 Å². The monoisotopic (exact) mass is 230 g/mol. The topological polar surface area (TPSA) is 69.0 Å². The van der Waals surface area contributed by atoms with Gasteiger partial charge in [-0.2, -0.15) is 0 Å². The Hall–Kier alpha value is -1.88. The van der Waals surface area contributed by atoms with E-state index in [1.807, 2.05) is 0 Å². The lowest BCUT2D eigenvalue weighted by Gasteiger charge is -2.25. The first-order valence-electron chi connectivity index (χ1n) is 5.52. The van der Waals surface area contributed by atoms with Gasteiger partial charge in [0.25, 0.3) is 0 Å². The Kier molecular flexibility index (Phi) is 2.16. The molecule has 0 spiro atoms. The fraction of sp³-hybridized carbons (Fsp3) is 0.333. The third-order valence-electron chi connectivity index (χ3n) is 3.19. The molecule has 3 rings (SSSR count). The van der Waals surface area contributed by atoms with E-state index >= 15 is 0 Å². The molecule has 0 amide bonds. The fourth-order valence-corrected chi connectivity index (χ4v) is 2.29. The van der Waals surface area contributed by atoms with Crippen molar-refractivity contribution < 1.29 is 0 Å². The molecule has 0 unspecified atom stereocenters. The van der Waals surface area contributed by atoms with Crippen molar-refractivity contribution >= 4 is 11.0 Å². The van der Waals surface area contributed by atoms with E-state index < -0.39 is 11.1 Å². The maximum Gasteiger partial charge on any atom is 0.314 e. The summed E-state index contributed by atoms with van der Waals surface area (Å²) >= 11 is 0. The lowest BCUT2D eigenvalue weighted by atomic mass is 9.98. The van der Waals surface area contributed by atoms with Crippen molar-refractivity contribution in [3.63, 3.8) is 0 Å². The van der Waals surface area contributed by atoms with Gasteiger partial charge in [-0.1, -0.05) is 0 Å². The first kappa shape index (κ1) is 10.3. The Morgan fingerprint density at radius 2 is 2.06 bits per heavy atom. The van der Waals surface area contributed by atoms with Crippen molar-refractivity contribution in [1.29, 1.82) is 0 Å². The number of fused-ring (bicyclic) bond motifs is 3. The third kappa shape index (κ3) is 1.59. The summed E-state index contributed by atoms with van der Waals surface area (Å²) in [7, 11) is 2.05. The molecule has 2 N–H and O–H groups in total. The van der Waals surface area contributed by atoms with Crippen LogP contribution in [0.25, 0.3) is 11.0 Å². The highest BCUT2D eigenvalue weighted by atomic mass is 16.2. The predicted molar refractivity (Wildman–Crippen MR) is 64.1 cm³/mol. The molecule has 2 heterocycles. The van der Waals surface area contributed by atoms with Gasteiger partial charge < -0.3 is 14.9 Å². The van der Waals surface area contributed by atoms with Crippen LogP contribution in [0, 0.1) is 6.07 Å². The summed E-state index contributed by atoms with van der Waals surface area (Å²) in [4.78, 5) is 30.0. The average Bonchev–Trinajstić information content (AvgIpc) is 2.30. The molecule has 17 heavy (non-hydrogen) atoms. The number of aromatic nitrogens is 2. The van der Waals surface area contributed by atoms with Crippen molar-refractivity contribution in [2.45, 2.75) is 13.0 Å². The van der Waals surface area contributed by atoms with Gasteiger partial charge in [0.1, 0.15) is 0 Å². The van der Waals surface area contributed by atoms with Gasteiger partial charge in [0.15, 0.2) is 0 Å². The smallest absolute Gasteiger partial charge is 0.314 e. The van der Waals surface area contributed by atoms with Gasteiger partial charge in [0.05, 0.1) is 11.0 Å². The molecule has 0 fully saturated rings. The largest absolute Gasteiger partial charge is 0.316 e. The minimum atomic E-state index is -0.612. The van der Waals surface area contributed by atoms with E-state index in [0.717, 1.165) is 36.2 Å². The summed E-state index contributed by atoms with van der Waals surface area (Å²) in [5, 5.41) is 0. The summed E-state index contributed by atoms with van der Waals surface area (Å²) in [6, 6.07) is 4.90. The zero-order valence-corrected chi connectivity index (χ0v) is 9.46. The summed E-state index contributed by atoms with van der Waals surface area (Å²) in [6.07, 6.45) is 0.863. The molecule has 1 aliphatic heterocycles. The second-order valence-corrected chi connectivity index (χ2v) is 4.43. The second kappa shape index (κ2) is 3.56. The van der Waals surface area contributed by atoms with Crippen molar-refractivity contribution in [2.75, 3.05) is 13.6 Å². The van der Waals surface area contributed by atoms with Gasteiger partial charge in [-0.3, -0.25) is 9.59 Å². The zero-order valence-electron chi connectivity index (χ0n) is 9.46. The van der Waals surface area contributed by atoms with Gasteiger partial charge in [-0.15, -0.1) is 0 Å². The minimum absolute atomic E-state index is 0.593. The van der Waals surface area contributed by atoms with E-state index in [1.165, 1.54) is 0 Å². The second-order valence-electron chi connectivity index (χ2n) is 4.43. The molecule has 0 aliphatic carbocycles. The van der Waals surface area contributed by atoms with Crippen LogP contribution in [0.5, 0.6) is 0 Å². The van der Waals surface area contributed by atoms with E-state index in [0.29, 0.717) is 5.52 Å². The van der Waals surface area contributed by atoms with Crippen molar-refractivity contribution in [1.82, 2.24) is 14.9 Å². The Morgan fingerprint density at radius 3 is 2.88 bits per heavy atom. The summed E-state index contributed by atoms with van der Waals surface area (Å²) in [5.74, 6) is 0. The zero-order chi connectivity index (χ0) is 12.0. The number of nitrogens with zero attached hydrogens (tertiary/aromatic N) is 1. The number of aromatic amines is 2. The molecule has 2 aromatic rings. The van der Waals surface area contributed by atoms with Crippen LogP contribution in [0.4, 0.5) is 0 Å². The van der Waals surface area contributed by atoms with Crippen LogP contribution in [0.2, 0.25) is 0 Å². The number of H-pyrrole nitrogens is 2. The van der Waals surface area contributed by atoms with Gasteiger partial charge in [0.2, 0.25) is 0 Å². The van der Waals surface area contributed by atoms with E-state index in [4.69, 9.17) is 0 Å². The lowest BCUT2D eigenvalue weighted by Crippen LogP contribution is -2.31. The fourth-order valence-electron chi connectivity index (χ4n) is 2.29. The summed E-state index contributed by atoms with van der Waals surface area (Å²) in [5.41, 5.74) is 2.38. The van der Waals surface area contributed by atoms with Crippen LogP contribution in [-0.4, -0.2) is 28.5 Å². The first-order valence-corrected chi connectivity index (χ1v) is 5.52. The van der Waals surface area contributed by atoms with Crippen LogP contribution in [0.1, 0.15) is 11.1 Å². The van der Waals surface area contributed by atoms with E-state index in [9.17, 15) is 9.59 Å². The van der Waals surface area contributed by atoms with Gasteiger partial charge in [-0.25, -0.2) is 0 Å². The van der Waals surface area contributed by atoms with Crippen LogP contribution >= 0.6 is 0 Å². The summed E-state index contributed by atoms with van der Waals surface area (Å²) < 4.78 is 0. The SMILES string of the molecule is CN1CCc2c([c]cc3[nH]c(=O)c(=O)[nH]c23)C1. The van der Waals surface area contributed by atoms with Crippen LogP contribution in [-0.2, 0) is 13.0 Å². The Labute approximate surface area is 97.1 Å². The lowest BCUT2D eigenvalue weighted by molar-refractivity contribution is 0.313. The number of rotatable bonds is 0. The van der Waals surface area contributed by atoms with E-state index in [-0.39, 0.29) is 0 Å². The molecular weight excluding hydrogens is 218 g/mol. The predicted octanol–water partition coefficient (Wildman–Crippen LogP) is 0.00449. The highest BCUT2D eigenvalue weighted by molar-refractivity contribution is 5.79. The molecule has 0 atom stereocenters. The molecule has 87 valence electrons. The van der Waals surface area contributed by atoms with E-state index in [2.05, 4.69) is 28.0 Å². The number of hydrogen-bond acceptors (Lipinski definition) is 3. The van der Waals surface area contributed by atoms with Crippen molar-refractivity contribution in [3.8, 4) is 0 Å². The molecule has 1 radical (unpaired) electrons. The molecule has 0 saturated carbocycles. The van der Waals surface area contributed by atoms with Crippen LogP contribution in [0.3, 0.4) is 0 Å². The molecule has 1 aromatic carbocycles. The minimum Gasteiger partial charge on any atom is -0.316 e. The number of hydrogen-bond donors (Lipinski definition) is 2. The highest BCUT2D eigenvalue weighted by Crippen LogP contribution is 2.22. The van der Waals surface area contributed by atoms with Crippen LogP contribution in [0.15, 0.2) is 15.7 Å². The number of nitrogens with one attached hydrogen (secondary N) is 2. The Balaban J connectivity index is 2.34. The van der Waals surface area contributed by atoms with Crippen LogP contribution < -0.4 is 11.1 Å². The molecule has 1 aliphatic rings. The molecular formula is C12H12N3O2. The third-order valence-corrected chi connectivity index (χ3v) is 3.19. The highest BCUT2D eigenvalue weighted by Gasteiger charge is 2.16. The average molecular weight is 230 g/mol. The molecule has 1 aromatic heterocycles. The number of likely N-dealkylation sites (N-methyl/N-ethyl adjacent to an activating group) is 1. The van der Waals surface area contributed by atoms with E-state index in [1.54, 1.807) is 6.07 Å². The van der Waals surface area contributed by atoms with Crippen molar-refractivity contribution in [3.05, 3.63) is 44.0 Å². The maximum atomic E-state index is 11.4. The summed E-state index contributed by atoms with van der Waals surface area (Å²) in [6.45, 7) is 1.77. The Bertz CT molecular complexity index is 699. The molecule has 5 heteroatoms.